The van der Waals surface area contributed by atoms with Crippen molar-refractivity contribution < 1.29 is 4.79 Å². The van der Waals surface area contributed by atoms with Crippen molar-refractivity contribution in [2.45, 2.75) is 31.7 Å². The molecule has 104 valence electrons. The summed E-state index contributed by atoms with van der Waals surface area (Å²) in [5.41, 5.74) is 2.05. The molecule has 0 heterocycles. The van der Waals surface area contributed by atoms with E-state index in [-0.39, 0.29) is 11.8 Å². The number of anilines is 2. The quantitative estimate of drug-likeness (QED) is 0.822. The number of amides is 1. The van der Waals surface area contributed by atoms with Crippen LogP contribution in [0.1, 0.15) is 25.7 Å². The molecular weight excluding hydrogens is 248 g/mol. The first-order chi connectivity index (χ1) is 9.79. The van der Waals surface area contributed by atoms with E-state index < -0.39 is 0 Å². The number of hydrogen-bond acceptors (Lipinski definition) is 2. The van der Waals surface area contributed by atoms with Gasteiger partial charge in [-0.15, -0.1) is 0 Å². The van der Waals surface area contributed by atoms with E-state index in [2.05, 4.69) is 34.9 Å². The minimum atomic E-state index is 0.170. The van der Waals surface area contributed by atoms with Gasteiger partial charge in [0.25, 0.3) is 0 Å². The van der Waals surface area contributed by atoms with Crippen LogP contribution in [0, 0.1) is 17.8 Å². The van der Waals surface area contributed by atoms with Gasteiger partial charge in [-0.05, 0) is 55.9 Å². The molecule has 4 rings (SSSR count). The summed E-state index contributed by atoms with van der Waals surface area (Å²) >= 11 is 0. The Morgan fingerprint density at radius 3 is 2.55 bits per heavy atom. The van der Waals surface area contributed by atoms with E-state index >= 15 is 0 Å². The molecular formula is C17H20N2O. The molecule has 0 bridgehead atoms. The van der Waals surface area contributed by atoms with E-state index in [4.69, 9.17) is 0 Å². The lowest BCUT2D eigenvalue weighted by atomic mass is 9.71. The number of hydrogen-bond donors (Lipinski definition) is 2. The molecule has 1 aromatic rings. The van der Waals surface area contributed by atoms with Gasteiger partial charge in [0.1, 0.15) is 0 Å². The Balaban J connectivity index is 1.35. The van der Waals surface area contributed by atoms with E-state index in [1.165, 1.54) is 12.8 Å². The van der Waals surface area contributed by atoms with Gasteiger partial charge in [0, 0.05) is 29.3 Å². The normalized spacial score (nSPS) is 30.5. The van der Waals surface area contributed by atoms with Crippen molar-refractivity contribution in [1.29, 1.82) is 0 Å². The largest absolute Gasteiger partial charge is 0.382 e. The van der Waals surface area contributed by atoms with Crippen molar-refractivity contribution in [2.24, 2.45) is 17.8 Å². The van der Waals surface area contributed by atoms with Crippen LogP contribution < -0.4 is 10.6 Å². The van der Waals surface area contributed by atoms with E-state index in [1.807, 2.05) is 12.1 Å². The fourth-order valence-corrected chi connectivity index (χ4v) is 3.34. The van der Waals surface area contributed by atoms with Gasteiger partial charge in [-0.25, -0.2) is 0 Å². The minimum Gasteiger partial charge on any atom is -0.382 e. The molecule has 3 aliphatic rings. The van der Waals surface area contributed by atoms with Crippen molar-refractivity contribution in [3.63, 3.8) is 0 Å². The summed E-state index contributed by atoms with van der Waals surface area (Å²) < 4.78 is 0. The van der Waals surface area contributed by atoms with Crippen molar-refractivity contribution in [1.82, 2.24) is 0 Å². The molecule has 2 fully saturated rings. The maximum atomic E-state index is 11.7. The Bertz CT molecular complexity index is 545. The van der Waals surface area contributed by atoms with Gasteiger partial charge in [0.05, 0.1) is 0 Å². The Morgan fingerprint density at radius 1 is 1.10 bits per heavy atom. The average molecular weight is 268 g/mol. The van der Waals surface area contributed by atoms with E-state index in [0.29, 0.717) is 6.04 Å². The summed E-state index contributed by atoms with van der Waals surface area (Å²) in [6, 6.07) is 8.70. The highest BCUT2D eigenvalue weighted by Gasteiger charge is 2.40. The van der Waals surface area contributed by atoms with Gasteiger partial charge < -0.3 is 10.6 Å². The van der Waals surface area contributed by atoms with Gasteiger partial charge in [-0.2, -0.15) is 0 Å². The van der Waals surface area contributed by atoms with Crippen molar-refractivity contribution in [2.75, 3.05) is 10.6 Å². The van der Waals surface area contributed by atoms with Crippen LogP contribution in [0.15, 0.2) is 36.4 Å². The van der Waals surface area contributed by atoms with Crippen LogP contribution >= 0.6 is 0 Å². The number of carbonyl (C=O) groups is 1. The van der Waals surface area contributed by atoms with Gasteiger partial charge in [0.2, 0.25) is 5.91 Å². The summed E-state index contributed by atoms with van der Waals surface area (Å²) in [7, 11) is 0. The first kappa shape index (κ1) is 12.0. The average Bonchev–Trinajstić information content (AvgIpc) is 3.22. The molecule has 0 spiro atoms. The molecule has 3 aliphatic carbocycles. The Labute approximate surface area is 119 Å². The zero-order valence-corrected chi connectivity index (χ0v) is 11.5. The number of carbonyl (C=O) groups excluding carboxylic acids is 1. The number of allylic oxidation sites excluding steroid dienone is 1. The first-order valence-corrected chi connectivity index (χ1v) is 7.64. The summed E-state index contributed by atoms with van der Waals surface area (Å²) in [6.45, 7) is 0. The molecule has 1 aromatic carbocycles. The highest BCUT2D eigenvalue weighted by atomic mass is 16.2. The predicted molar refractivity (Wildman–Crippen MR) is 80.6 cm³/mol. The van der Waals surface area contributed by atoms with Crippen LogP contribution in [0.4, 0.5) is 11.4 Å². The maximum absolute atomic E-state index is 11.7. The molecule has 3 nitrogen and oxygen atoms in total. The zero-order valence-electron chi connectivity index (χ0n) is 11.5. The van der Waals surface area contributed by atoms with Gasteiger partial charge >= 0.3 is 0 Å². The van der Waals surface area contributed by atoms with Crippen molar-refractivity contribution >= 4 is 17.3 Å². The second-order valence-electron chi connectivity index (χ2n) is 6.33. The SMILES string of the molecule is O=C(Nc1ccc(NC2CC3CC=CC32)cc1)C1CC1. The molecule has 0 aliphatic heterocycles. The van der Waals surface area contributed by atoms with Crippen LogP contribution in [0.5, 0.6) is 0 Å². The van der Waals surface area contributed by atoms with Gasteiger partial charge in [0.15, 0.2) is 0 Å². The third-order valence-corrected chi connectivity index (χ3v) is 4.82. The highest BCUT2D eigenvalue weighted by molar-refractivity contribution is 5.94. The summed E-state index contributed by atoms with van der Waals surface area (Å²) in [5, 5.41) is 6.57. The standard InChI is InChI=1S/C17H20N2O/c20-17(11-4-5-11)19-14-8-6-13(7-9-14)18-16-10-12-2-1-3-15(12)16/h1,3,6-9,11-12,15-16,18H,2,4-5,10H2,(H,19,20). The lowest BCUT2D eigenvalue weighted by Gasteiger charge is -2.41. The Morgan fingerprint density at radius 2 is 1.85 bits per heavy atom. The zero-order chi connectivity index (χ0) is 13.5. The van der Waals surface area contributed by atoms with Crippen LogP contribution in [0.3, 0.4) is 0 Å². The smallest absolute Gasteiger partial charge is 0.227 e. The summed E-state index contributed by atoms with van der Waals surface area (Å²) in [4.78, 5) is 11.7. The lowest BCUT2D eigenvalue weighted by Crippen LogP contribution is -2.43. The van der Waals surface area contributed by atoms with Crippen LogP contribution in [-0.4, -0.2) is 11.9 Å². The predicted octanol–water partition coefficient (Wildman–Crippen LogP) is 3.41. The number of rotatable bonds is 4. The fraction of sp³-hybridized carbons (Fsp3) is 0.471. The van der Waals surface area contributed by atoms with Crippen LogP contribution in [0.25, 0.3) is 0 Å². The summed E-state index contributed by atoms with van der Waals surface area (Å²) in [6.07, 6.45) is 9.29. The lowest BCUT2D eigenvalue weighted by molar-refractivity contribution is -0.117. The number of benzene rings is 1. The molecule has 3 unspecified atom stereocenters. The van der Waals surface area contributed by atoms with Gasteiger partial charge in [-0.1, -0.05) is 12.2 Å². The Kier molecular flexibility index (Phi) is 2.79. The molecule has 0 aromatic heterocycles. The van der Waals surface area contributed by atoms with E-state index in [1.54, 1.807) is 0 Å². The van der Waals surface area contributed by atoms with E-state index in [9.17, 15) is 4.79 Å². The monoisotopic (exact) mass is 268 g/mol. The maximum Gasteiger partial charge on any atom is 0.227 e. The highest BCUT2D eigenvalue weighted by Crippen LogP contribution is 2.44. The molecule has 0 saturated heterocycles. The molecule has 2 saturated carbocycles. The Hall–Kier alpha value is -1.77. The molecule has 1 amide bonds. The third-order valence-electron chi connectivity index (χ3n) is 4.82. The van der Waals surface area contributed by atoms with Gasteiger partial charge in [-0.3, -0.25) is 4.79 Å². The second kappa shape index (κ2) is 4.65. The first-order valence-electron chi connectivity index (χ1n) is 7.64. The molecule has 0 radical (unpaired) electrons. The summed E-state index contributed by atoms with van der Waals surface area (Å²) in [5.74, 6) is 2.03. The molecule has 3 heteroatoms. The van der Waals surface area contributed by atoms with Crippen molar-refractivity contribution in [3.8, 4) is 0 Å². The minimum absolute atomic E-state index is 0.170. The van der Waals surface area contributed by atoms with Crippen LogP contribution in [0.2, 0.25) is 0 Å². The fourth-order valence-electron chi connectivity index (χ4n) is 3.34. The van der Waals surface area contributed by atoms with Crippen LogP contribution in [-0.2, 0) is 4.79 Å². The number of nitrogens with one attached hydrogen (secondary N) is 2. The number of fused-ring (bicyclic) bond motifs is 1. The molecule has 2 N–H and O–H groups in total. The molecule has 3 atom stereocenters. The van der Waals surface area contributed by atoms with Crippen molar-refractivity contribution in [3.05, 3.63) is 36.4 Å². The molecule has 20 heavy (non-hydrogen) atoms. The topological polar surface area (TPSA) is 41.1 Å². The van der Waals surface area contributed by atoms with E-state index in [0.717, 1.165) is 36.1 Å². The third kappa shape index (κ3) is 2.21. The second-order valence-corrected chi connectivity index (χ2v) is 6.33.